The van der Waals surface area contributed by atoms with Crippen molar-refractivity contribution >= 4 is 11.8 Å². The van der Waals surface area contributed by atoms with Gasteiger partial charge in [-0.1, -0.05) is 12.1 Å². The quantitative estimate of drug-likeness (QED) is 0.877. The van der Waals surface area contributed by atoms with Gasteiger partial charge in [0.2, 0.25) is 0 Å². The second-order valence-electron chi connectivity index (χ2n) is 4.31. The Bertz CT molecular complexity index is 317. The van der Waals surface area contributed by atoms with Crippen LogP contribution >= 0.6 is 11.8 Å². The number of hydrogen-bond donors (Lipinski definition) is 1. The van der Waals surface area contributed by atoms with Gasteiger partial charge in [0.1, 0.15) is 0 Å². The van der Waals surface area contributed by atoms with Crippen LogP contribution in [0.4, 0.5) is 0 Å². The third-order valence-corrected chi connectivity index (χ3v) is 4.08. The molecule has 3 heteroatoms. The summed E-state index contributed by atoms with van der Waals surface area (Å²) < 4.78 is 5.48. The van der Waals surface area contributed by atoms with E-state index in [1.165, 1.54) is 23.3 Å². The first kappa shape index (κ1) is 12.0. The zero-order valence-electron chi connectivity index (χ0n) is 9.69. The number of ether oxygens (including phenoxy) is 1. The highest BCUT2D eigenvalue weighted by Crippen LogP contribution is 2.29. The summed E-state index contributed by atoms with van der Waals surface area (Å²) in [6.45, 7) is 3.83. The van der Waals surface area contributed by atoms with Gasteiger partial charge in [-0.15, -0.1) is 11.8 Å². The van der Waals surface area contributed by atoms with Crippen molar-refractivity contribution in [2.75, 3.05) is 13.2 Å². The molecule has 1 heterocycles. The summed E-state index contributed by atoms with van der Waals surface area (Å²) in [4.78, 5) is 1.32. The van der Waals surface area contributed by atoms with Gasteiger partial charge in [0.05, 0.1) is 6.61 Å². The first-order chi connectivity index (χ1) is 7.75. The minimum Gasteiger partial charge on any atom is -0.380 e. The van der Waals surface area contributed by atoms with Crippen LogP contribution in [0.2, 0.25) is 0 Å². The minimum absolute atomic E-state index is 0.122. The molecule has 0 aromatic heterocycles. The normalized spacial score (nSPS) is 23.0. The zero-order valence-corrected chi connectivity index (χ0v) is 10.5. The topological polar surface area (TPSA) is 35.2 Å². The third kappa shape index (κ3) is 3.24. The Morgan fingerprint density at radius 2 is 2.12 bits per heavy atom. The first-order valence-electron chi connectivity index (χ1n) is 5.85. The Labute approximate surface area is 102 Å². The van der Waals surface area contributed by atoms with Crippen molar-refractivity contribution in [1.29, 1.82) is 0 Å². The SMILES string of the molecule is CC(N)c1ccc(SC2CCCOC2)cc1. The van der Waals surface area contributed by atoms with E-state index in [1.807, 2.05) is 18.7 Å². The van der Waals surface area contributed by atoms with Crippen LogP contribution in [0, 0.1) is 0 Å². The fraction of sp³-hybridized carbons (Fsp3) is 0.538. The summed E-state index contributed by atoms with van der Waals surface area (Å²) in [6, 6.07) is 8.69. The molecule has 1 aliphatic heterocycles. The van der Waals surface area contributed by atoms with E-state index in [0.29, 0.717) is 5.25 Å². The summed E-state index contributed by atoms with van der Waals surface area (Å²) in [5, 5.41) is 0.620. The van der Waals surface area contributed by atoms with E-state index in [9.17, 15) is 0 Å². The van der Waals surface area contributed by atoms with Crippen LogP contribution in [0.15, 0.2) is 29.2 Å². The lowest BCUT2D eigenvalue weighted by Crippen LogP contribution is -2.19. The molecule has 88 valence electrons. The summed E-state index contributed by atoms with van der Waals surface area (Å²) in [5.41, 5.74) is 7.02. The number of nitrogens with two attached hydrogens (primary N) is 1. The van der Waals surface area contributed by atoms with Crippen molar-refractivity contribution in [3.05, 3.63) is 29.8 Å². The minimum atomic E-state index is 0.122. The molecular weight excluding hydrogens is 218 g/mol. The second kappa shape index (κ2) is 5.71. The summed E-state index contributed by atoms with van der Waals surface area (Å²) >= 11 is 1.92. The Morgan fingerprint density at radius 3 is 2.69 bits per heavy atom. The van der Waals surface area contributed by atoms with Gasteiger partial charge in [0.25, 0.3) is 0 Å². The molecular formula is C13H19NOS. The van der Waals surface area contributed by atoms with Crippen LogP contribution in [0.3, 0.4) is 0 Å². The van der Waals surface area contributed by atoms with Crippen molar-refractivity contribution in [3.8, 4) is 0 Å². The highest BCUT2D eigenvalue weighted by Gasteiger charge is 2.14. The summed E-state index contributed by atoms with van der Waals surface area (Å²) in [6.07, 6.45) is 2.45. The van der Waals surface area contributed by atoms with Gasteiger partial charge in [-0.3, -0.25) is 0 Å². The fourth-order valence-electron chi connectivity index (χ4n) is 1.85. The van der Waals surface area contributed by atoms with Crippen molar-refractivity contribution < 1.29 is 4.74 Å². The highest BCUT2D eigenvalue weighted by atomic mass is 32.2. The van der Waals surface area contributed by atoms with Crippen molar-refractivity contribution in [1.82, 2.24) is 0 Å². The Balaban J connectivity index is 1.93. The van der Waals surface area contributed by atoms with Crippen LogP contribution < -0.4 is 5.73 Å². The van der Waals surface area contributed by atoms with Crippen LogP contribution in [0.1, 0.15) is 31.4 Å². The zero-order chi connectivity index (χ0) is 11.4. The van der Waals surface area contributed by atoms with Gasteiger partial charge in [0.15, 0.2) is 0 Å². The number of rotatable bonds is 3. The summed E-state index contributed by atoms with van der Waals surface area (Å²) in [7, 11) is 0. The standard InChI is InChI=1S/C13H19NOS/c1-10(14)11-4-6-12(7-5-11)16-13-3-2-8-15-9-13/h4-7,10,13H,2-3,8-9,14H2,1H3. The molecule has 2 N–H and O–H groups in total. The van der Waals surface area contributed by atoms with Gasteiger partial charge in [-0.05, 0) is 37.5 Å². The molecule has 1 aromatic rings. The van der Waals surface area contributed by atoms with Crippen LogP contribution in [-0.2, 0) is 4.74 Å². The molecule has 1 fully saturated rings. The van der Waals surface area contributed by atoms with Gasteiger partial charge in [-0.25, -0.2) is 0 Å². The van der Waals surface area contributed by atoms with E-state index in [-0.39, 0.29) is 6.04 Å². The molecule has 1 saturated heterocycles. The van der Waals surface area contributed by atoms with Gasteiger partial charge >= 0.3 is 0 Å². The average Bonchev–Trinajstić information content (AvgIpc) is 2.31. The van der Waals surface area contributed by atoms with Crippen molar-refractivity contribution in [2.45, 2.75) is 36.0 Å². The largest absolute Gasteiger partial charge is 0.380 e. The van der Waals surface area contributed by atoms with Gasteiger partial charge in [0, 0.05) is 22.8 Å². The lowest BCUT2D eigenvalue weighted by molar-refractivity contribution is 0.101. The lowest BCUT2D eigenvalue weighted by atomic mass is 10.1. The predicted molar refractivity (Wildman–Crippen MR) is 68.7 cm³/mol. The Kier molecular flexibility index (Phi) is 4.27. The molecule has 2 atom stereocenters. The van der Waals surface area contributed by atoms with Gasteiger partial charge < -0.3 is 10.5 Å². The number of hydrogen-bond acceptors (Lipinski definition) is 3. The molecule has 0 spiro atoms. The molecule has 0 radical (unpaired) electrons. The van der Waals surface area contributed by atoms with Crippen LogP contribution in [0.25, 0.3) is 0 Å². The molecule has 1 aliphatic rings. The molecule has 2 unspecified atom stereocenters. The smallest absolute Gasteiger partial charge is 0.0588 e. The molecule has 16 heavy (non-hydrogen) atoms. The number of thioether (sulfide) groups is 1. The third-order valence-electron chi connectivity index (χ3n) is 2.83. The lowest BCUT2D eigenvalue weighted by Gasteiger charge is -2.21. The molecule has 0 aliphatic carbocycles. The van der Waals surface area contributed by atoms with Crippen LogP contribution in [-0.4, -0.2) is 18.5 Å². The van der Waals surface area contributed by atoms with E-state index >= 15 is 0 Å². The Hall–Kier alpha value is -0.510. The summed E-state index contributed by atoms with van der Waals surface area (Å²) in [5.74, 6) is 0. The van der Waals surface area contributed by atoms with E-state index in [2.05, 4.69) is 24.3 Å². The maximum atomic E-state index is 5.82. The highest BCUT2D eigenvalue weighted by molar-refractivity contribution is 8.00. The maximum Gasteiger partial charge on any atom is 0.0588 e. The average molecular weight is 237 g/mol. The monoisotopic (exact) mass is 237 g/mol. The van der Waals surface area contributed by atoms with Crippen LogP contribution in [0.5, 0.6) is 0 Å². The molecule has 2 rings (SSSR count). The van der Waals surface area contributed by atoms with E-state index in [4.69, 9.17) is 10.5 Å². The van der Waals surface area contributed by atoms with E-state index < -0.39 is 0 Å². The molecule has 2 nitrogen and oxygen atoms in total. The molecule has 0 amide bonds. The van der Waals surface area contributed by atoms with E-state index in [0.717, 1.165) is 13.2 Å². The van der Waals surface area contributed by atoms with Crippen molar-refractivity contribution in [3.63, 3.8) is 0 Å². The predicted octanol–water partition coefficient (Wildman–Crippen LogP) is 2.98. The Morgan fingerprint density at radius 1 is 1.38 bits per heavy atom. The fourth-order valence-corrected chi connectivity index (χ4v) is 2.97. The van der Waals surface area contributed by atoms with Gasteiger partial charge in [-0.2, -0.15) is 0 Å². The molecule has 1 aromatic carbocycles. The molecule has 0 saturated carbocycles. The molecule has 0 bridgehead atoms. The maximum absolute atomic E-state index is 5.82. The number of benzene rings is 1. The van der Waals surface area contributed by atoms with Crippen molar-refractivity contribution in [2.24, 2.45) is 5.73 Å². The second-order valence-corrected chi connectivity index (χ2v) is 5.69. The first-order valence-corrected chi connectivity index (χ1v) is 6.73. The van der Waals surface area contributed by atoms with E-state index in [1.54, 1.807) is 0 Å².